The number of anilines is 1. The van der Waals surface area contributed by atoms with E-state index in [0.29, 0.717) is 22.7 Å². The standard InChI is InChI=1S/C14H9Br2NO3/c15-8-4-5-11(10(16)6-8)17-14(18)9-2-1-3-12-13(9)20-7-19-12/h1-6H,7H2,(H,17,18). The quantitative estimate of drug-likeness (QED) is 0.824. The predicted octanol–water partition coefficient (Wildman–Crippen LogP) is 4.19. The van der Waals surface area contributed by atoms with E-state index >= 15 is 0 Å². The van der Waals surface area contributed by atoms with Crippen molar-refractivity contribution in [2.45, 2.75) is 0 Å². The first-order chi connectivity index (χ1) is 9.65. The molecule has 2 aromatic carbocycles. The zero-order valence-corrected chi connectivity index (χ0v) is 13.3. The minimum atomic E-state index is -0.240. The minimum Gasteiger partial charge on any atom is -0.454 e. The summed E-state index contributed by atoms with van der Waals surface area (Å²) in [6, 6.07) is 10.8. The molecule has 102 valence electrons. The number of hydrogen-bond acceptors (Lipinski definition) is 3. The van der Waals surface area contributed by atoms with Gasteiger partial charge in [0.15, 0.2) is 11.5 Å². The molecule has 1 aliphatic rings. The molecule has 0 aliphatic carbocycles. The molecule has 20 heavy (non-hydrogen) atoms. The van der Waals surface area contributed by atoms with Crippen molar-refractivity contribution in [3.63, 3.8) is 0 Å². The number of carbonyl (C=O) groups is 1. The number of benzene rings is 2. The smallest absolute Gasteiger partial charge is 0.259 e. The highest BCUT2D eigenvalue weighted by atomic mass is 79.9. The fourth-order valence-corrected chi connectivity index (χ4v) is 3.04. The third kappa shape index (κ3) is 2.53. The van der Waals surface area contributed by atoms with Crippen LogP contribution in [-0.4, -0.2) is 12.7 Å². The molecule has 0 aromatic heterocycles. The Labute approximate surface area is 132 Å². The fraction of sp³-hybridized carbons (Fsp3) is 0.0714. The summed E-state index contributed by atoms with van der Waals surface area (Å²) in [5.74, 6) is 0.834. The Morgan fingerprint density at radius 1 is 1.15 bits per heavy atom. The maximum Gasteiger partial charge on any atom is 0.259 e. The summed E-state index contributed by atoms with van der Waals surface area (Å²) >= 11 is 6.78. The molecular formula is C14H9Br2NO3. The molecule has 0 fully saturated rings. The van der Waals surface area contributed by atoms with Crippen LogP contribution in [0.2, 0.25) is 0 Å². The Hall–Kier alpha value is -1.53. The summed E-state index contributed by atoms with van der Waals surface area (Å²) in [6.45, 7) is 0.140. The topological polar surface area (TPSA) is 47.6 Å². The maximum atomic E-state index is 12.3. The van der Waals surface area contributed by atoms with E-state index in [1.54, 1.807) is 18.2 Å². The highest BCUT2D eigenvalue weighted by molar-refractivity contribution is 9.11. The minimum absolute atomic E-state index is 0.140. The molecule has 0 radical (unpaired) electrons. The zero-order valence-electron chi connectivity index (χ0n) is 10.2. The Bertz CT molecular complexity index is 688. The Morgan fingerprint density at radius 3 is 2.80 bits per heavy atom. The van der Waals surface area contributed by atoms with E-state index in [4.69, 9.17) is 9.47 Å². The van der Waals surface area contributed by atoms with Gasteiger partial charge in [0.2, 0.25) is 6.79 Å². The Balaban J connectivity index is 1.89. The number of ether oxygens (including phenoxy) is 2. The van der Waals surface area contributed by atoms with E-state index < -0.39 is 0 Å². The van der Waals surface area contributed by atoms with Gasteiger partial charge >= 0.3 is 0 Å². The van der Waals surface area contributed by atoms with Crippen molar-refractivity contribution in [3.8, 4) is 11.5 Å². The summed E-state index contributed by atoms with van der Waals surface area (Å²) in [5.41, 5.74) is 1.14. The lowest BCUT2D eigenvalue weighted by molar-refractivity contribution is 0.102. The van der Waals surface area contributed by atoms with Gasteiger partial charge in [0.1, 0.15) is 0 Å². The molecule has 0 spiro atoms. The molecule has 0 saturated carbocycles. The van der Waals surface area contributed by atoms with Crippen LogP contribution in [0.4, 0.5) is 5.69 Å². The highest BCUT2D eigenvalue weighted by Gasteiger charge is 2.22. The van der Waals surface area contributed by atoms with Crippen LogP contribution in [0.1, 0.15) is 10.4 Å². The van der Waals surface area contributed by atoms with Crippen molar-refractivity contribution < 1.29 is 14.3 Å². The SMILES string of the molecule is O=C(Nc1ccc(Br)cc1Br)c1cccc2c1OCO2. The van der Waals surface area contributed by atoms with Crippen molar-refractivity contribution in [3.05, 3.63) is 50.9 Å². The molecular weight excluding hydrogens is 390 g/mol. The molecule has 1 amide bonds. The van der Waals surface area contributed by atoms with E-state index in [-0.39, 0.29) is 12.7 Å². The van der Waals surface area contributed by atoms with Crippen LogP contribution in [0.5, 0.6) is 11.5 Å². The van der Waals surface area contributed by atoms with Gasteiger partial charge in [-0.25, -0.2) is 0 Å². The van der Waals surface area contributed by atoms with Gasteiger partial charge in [-0.15, -0.1) is 0 Å². The predicted molar refractivity (Wildman–Crippen MR) is 82.4 cm³/mol. The summed E-state index contributed by atoms with van der Waals surface area (Å²) in [7, 11) is 0. The summed E-state index contributed by atoms with van der Waals surface area (Å²) < 4.78 is 12.3. The van der Waals surface area contributed by atoms with Crippen LogP contribution in [0.25, 0.3) is 0 Å². The first kappa shape index (κ1) is 13.5. The lowest BCUT2D eigenvalue weighted by Crippen LogP contribution is -2.13. The van der Waals surface area contributed by atoms with Gasteiger partial charge < -0.3 is 14.8 Å². The largest absolute Gasteiger partial charge is 0.454 e. The molecule has 1 N–H and O–H groups in total. The van der Waals surface area contributed by atoms with Gasteiger partial charge in [0.25, 0.3) is 5.91 Å². The molecule has 0 unspecified atom stereocenters. The zero-order chi connectivity index (χ0) is 14.1. The Kier molecular flexibility index (Phi) is 3.67. The normalized spacial score (nSPS) is 12.3. The van der Waals surface area contributed by atoms with E-state index in [1.165, 1.54) is 0 Å². The van der Waals surface area contributed by atoms with Gasteiger partial charge in [-0.3, -0.25) is 4.79 Å². The molecule has 0 atom stereocenters. The first-order valence-electron chi connectivity index (χ1n) is 5.80. The molecule has 0 saturated heterocycles. The lowest BCUT2D eigenvalue weighted by atomic mass is 10.1. The summed E-state index contributed by atoms with van der Waals surface area (Å²) in [6.07, 6.45) is 0. The molecule has 1 aliphatic heterocycles. The second-order valence-corrected chi connectivity index (χ2v) is 5.89. The molecule has 2 aromatic rings. The number of halogens is 2. The van der Waals surface area contributed by atoms with Crippen molar-refractivity contribution in [2.75, 3.05) is 12.1 Å². The molecule has 3 rings (SSSR count). The first-order valence-corrected chi connectivity index (χ1v) is 7.39. The molecule has 0 bridgehead atoms. The Morgan fingerprint density at radius 2 is 2.00 bits per heavy atom. The van der Waals surface area contributed by atoms with Crippen molar-refractivity contribution in [1.82, 2.24) is 0 Å². The average molecular weight is 399 g/mol. The number of carbonyl (C=O) groups excluding carboxylic acids is 1. The highest BCUT2D eigenvalue weighted by Crippen LogP contribution is 2.36. The van der Waals surface area contributed by atoms with Gasteiger partial charge in [-0.1, -0.05) is 22.0 Å². The number of nitrogens with one attached hydrogen (secondary N) is 1. The monoisotopic (exact) mass is 397 g/mol. The fourth-order valence-electron chi connectivity index (χ4n) is 1.89. The van der Waals surface area contributed by atoms with E-state index in [2.05, 4.69) is 37.2 Å². The number of fused-ring (bicyclic) bond motifs is 1. The van der Waals surface area contributed by atoms with Gasteiger partial charge in [-0.05, 0) is 46.3 Å². The van der Waals surface area contributed by atoms with E-state index in [1.807, 2.05) is 18.2 Å². The molecule has 1 heterocycles. The maximum absolute atomic E-state index is 12.3. The second-order valence-electron chi connectivity index (χ2n) is 4.12. The van der Waals surface area contributed by atoms with Crippen molar-refractivity contribution >= 4 is 43.5 Å². The van der Waals surface area contributed by atoms with Crippen LogP contribution in [0, 0.1) is 0 Å². The second kappa shape index (κ2) is 5.46. The lowest BCUT2D eigenvalue weighted by Gasteiger charge is -2.09. The van der Waals surface area contributed by atoms with E-state index in [9.17, 15) is 4.79 Å². The number of amides is 1. The van der Waals surface area contributed by atoms with Crippen LogP contribution >= 0.6 is 31.9 Å². The molecule has 4 nitrogen and oxygen atoms in total. The summed E-state index contributed by atoms with van der Waals surface area (Å²) in [4.78, 5) is 12.3. The molecule has 6 heteroatoms. The van der Waals surface area contributed by atoms with Gasteiger partial charge in [0.05, 0.1) is 11.3 Å². The van der Waals surface area contributed by atoms with Crippen molar-refractivity contribution in [2.24, 2.45) is 0 Å². The van der Waals surface area contributed by atoms with Crippen molar-refractivity contribution in [1.29, 1.82) is 0 Å². The third-order valence-corrected chi connectivity index (χ3v) is 3.97. The van der Waals surface area contributed by atoms with Gasteiger partial charge in [-0.2, -0.15) is 0 Å². The van der Waals surface area contributed by atoms with Crippen LogP contribution in [0.15, 0.2) is 45.3 Å². The van der Waals surface area contributed by atoms with Gasteiger partial charge in [0, 0.05) is 8.95 Å². The average Bonchev–Trinajstić information content (AvgIpc) is 2.90. The number of hydrogen-bond donors (Lipinski definition) is 1. The van der Waals surface area contributed by atoms with E-state index in [0.717, 1.165) is 8.95 Å². The van der Waals surface area contributed by atoms with Crippen LogP contribution < -0.4 is 14.8 Å². The summed E-state index contributed by atoms with van der Waals surface area (Å²) in [5, 5.41) is 2.84. The van der Waals surface area contributed by atoms with Crippen LogP contribution in [-0.2, 0) is 0 Å². The number of rotatable bonds is 2. The van der Waals surface area contributed by atoms with Crippen LogP contribution in [0.3, 0.4) is 0 Å². The third-order valence-electron chi connectivity index (χ3n) is 2.82. The number of para-hydroxylation sites is 1.